The van der Waals surface area contributed by atoms with Crippen LogP contribution in [-0.2, 0) is 4.79 Å². The maximum atomic E-state index is 14.1. The molecular weight excluding hydrogens is 349 g/mol. The Labute approximate surface area is 157 Å². The lowest BCUT2D eigenvalue weighted by Gasteiger charge is -2.34. The van der Waals surface area contributed by atoms with E-state index in [4.69, 9.17) is 0 Å². The summed E-state index contributed by atoms with van der Waals surface area (Å²) in [6.45, 7) is 5.05. The predicted octanol–water partition coefficient (Wildman–Crippen LogP) is 2.18. The van der Waals surface area contributed by atoms with Crippen molar-refractivity contribution < 1.29 is 14.0 Å². The van der Waals surface area contributed by atoms with E-state index < -0.39 is 11.7 Å². The molecule has 0 bridgehead atoms. The number of piperazine rings is 1. The van der Waals surface area contributed by atoms with Crippen LogP contribution in [0.2, 0.25) is 0 Å². The maximum absolute atomic E-state index is 14.1. The van der Waals surface area contributed by atoms with E-state index in [9.17, 15) is 14.0 Å². The van der Waals surface area contributed by atoms with Gasteiger partial charge in [0.1, 0.15) is 11.6 Å². The highest BCUT2D eigenvalue weighted by molar-refractivity contribution is 6.05. The van der Waals surface area contributed by atoms with Crippen LogP contribution in [0.5, 0.6) is 0 Å². The molecule has 1 fully saturated rings. The largest absolute Gasteiger partial charge is 0.369 e. The molecule has 1 saturated heterocycles. The lowest BCUT2D eigenvalue weighted by Crippen LogP contribution is -2.44. The number of benzene rings is 1. The minimum atomic E-state index is -0.670. The second-order valence-corrected chi connectivity index (χ2v) is 6.52. The molecule has 2 N–H and O–H groups in total. The molecule has 27 heavy (non-hydrogen) atoms. The molecule has 0 unspecified atom stereocenters. The summed E-state index contributed by atoms with van der Waals surface area (Å²) in [5, 5.41) is 5.16. The fourth-order valence-corrected chi connectivity index (χ4v) is 2.91. The Bertz CT molecular complexity index is 850. The summed E-state index contributed by atoms with van der Waals surface area (Å²) in [4.78, 5) is 32.3. The lowest BCUT2D eigenvalue weighted by molar-refractivity contribution is -0.114. The first-order valence-electron chi connectivity index (χ1n) is 8.70. The molecule has 0 saturated carbocycles. The third-order valence-electron chi connectivity index (χ3n) is 4.38. The number of rotatable bonds is 4. The Balaban J connectivity index is 1.74. The standard InChI is InChI=1S/C19H22FN5O2/c1-13(26)22-14-3-4-17(20)16(11-14)19(27)23-18-12-15(5-6-21-18)25-9-7-24(2)8-10-25/h3-6,11-12H,7-10H2,1-2H3,(H,22,26)(H,21,23,27). The van der Waals surface area contributed by atoms with Crippen LogP contribution in [0.25, 0.3) is 0 Å². The van der Waals surface area contributed by atoms with Crippen molar-refractivity contribution in [3.8, 4) is 0 Å². The molecule has 1 aliphatic heterocycles. The van der Waals surface area contributed by atoms with Gasteiger partial charge in [0, 0.05) is 56.7 Å². The molecule has 7 nitrogen and oxygen atoms in total. The number of carbonyl (C=O) groups excluding carboxylic acids is 2. The molecule has 0 radical (unpaired) electrons. The first-order chi connectivity index (χ1) is 12.9. The number of anilines is 3. The Morgan fingerprint density at radius 1 is 1.07 bits per heavy atom. The number of halogens is 1. The first-order valence-corrected chi connectivity index (χ1v) is 8.70. The van der Waals surface area contributed by atoms with Gasteiger partial charge in [-0.1, -0.05) is 0 Å². The second kappa shape index (κ2) is 8.13. The molecule has 2 aromatic rings. The van der Waals surface area contributed by atoms with E-state index in [0.717, 1.165) is 37.9 Å². The predicted molar refractivity (Wildman–Crippen MR) is 103 cm³/mol. The highest BCUT2D eigenvalue weighted by Gasteiger charge is 2.17. The average molecular weight is 371 g/mol. The summed E-state index contributed by atoms with van der Waals surface area (Å²) in [6.07, 6.45) is 1.62. The van der Waals surface area contributed by atoms with Gasteiger partial charge >= 0.3 is 0 Å². The Morgan fingerprint density at radius 2 is 1.81 bits per heavy atom. The molecule has 0 aliphatic carbocycles. The van der Waals surface area contributed by atoms with Gasteiger partial charge in [0.25, 0.3) is 5.91 Å². The number of hydrogen-bond donors (Lipinski definition) is 2. The van der Waals surface area contributed by atoms with Crippen molar-refractivity contribution in [3.05, 3.63) is 47.9 Å². The quantitative estimate of drug-likeness (QED) is 0.861. The molecule has 0 atom stereocenters. The van der Waals surface area contributed by atoms with Crippen molar-refractivity contribution in [2.75, 3.05) is 48.8 Å². The van der Waals surface area contributed by atoms with E-state index in [1.807, 2.05) is 6.07 Å². The Morgan fingerprint density at radius 3 is 2.52 bits per heavy atom. The molecule has 3 rings (SSSR count). The van der Waals surface area contributed by atoms with Crippen molar-refractivity contribution in [2.45, 2.75) is 6.92 Å². The van der Waals surface area contributed by atoms with Crippen LogP contribution >= 0.6 is 0 Å². The zero-order valence-electron chi connectivity index (χ0n) is 15.3. The minimum absolute atomic E-state index is 0.159. The monoisotopic (exact) mass is 371 g/mol. The number of aromatic nitrogens is 1. The van der Waals surface area contributed by atoms with E-state index >= 15 is 0 Å². The average Bonchev–Trinajstić information content (AvgIpc) is 2.63. The highest BCUT2D eigenvalue weighted by Crippen LogP contribution is 2.20. The number of pyridine rings is 1. The smallest absolute Gasteiger partial charge is 0.259 e. The van der Waals surface area contributed by atoms with Crippen molar-refractivity contribution in [3.63, 3.8) is 0 Å². The number of amides is 2. The molecule has 8 heteroatoms. The van der Waals surface area contributed by atoms with Crippen LogP contribution in [0.15, 0.2) is 36.5 Å². The Kier molecular flexibility index (Phi) is 5.66. The van der Waals surface area contributed by atoms with Crippen molar-refractivity contribution >= 4 is 29.0 Å². The van der Waals surface area contributed by atoms with Gasteiger partial charge < -0.3 is 20.4 Å². The number of carbonyl (C=O) groups is 2. The molecule has 2 heterocycles. The summed E-state index contributed by atoms with van der Waals surface area (Å²) >= 11 is 0. The van der Waals surface area contributed by atoms with Crippen molar-refractivity contribution in [2.24, 2.45) is 0 Å². The molecule has 0 spiro atoms. The topological polar surface area (TPSA) is 77.6 Å². The number of likely N-dealkylation sites (N-methyl/N-ethyl adjacent to an activating group) is 1. The zero-order chi connectivity index (χ0) is 19.4. The van der Waals surface area contributed by atoms with Gasteiger partial charge in [-0.05, 0) is 31.3 Å². The molecule has 1 aliphatic rings. The van der Waals surface area contributed by atoms with Gasteiger partial charge in [-0.15, -0.1) is 0 Å². The maximum Gasteiger partial charge on any atom is 0.259 e. The highest BCUT2D eigenvalue weighted by atomic mass is 19.1. The van der Waals surface area contributed by atoms with E-state index in [1.165, 1.54) is 19.1 Å². The molecule has 1 aromatic heterocycles. The van der Waals surface area contributed by atoms with Crippen LogP contribution in [0, 0.1) is 5.82 Å². The van der Waals surface area contributed by atoms with Crippen LogP contribution in [-0.4, -0.2) is 54.9 Å². The van der Waals surface area contributed by atoms with E-state index in [1.54, 1.807) is 12.3 Å². The third kappa shape index (κ3) is 4.79. The van der Waals surface area contributed by atoms with Crippen LogP contribution in [0.3, 0.4) is 0 Å². The normalized spacial score (nSPS) is 14.7. The fourth-order valence-electron chi connectivity index (χ4n) is 2.91. The molecule has 1 aromatic carbocycles. The minimum Gasteiger partial charge on any atom is -0.369 e. The van der Waals surface area contributed by atoms with Gasteiger partial charge in [-0.3, -0.25) is 9.59 Å². The number of nitrogens with zero attached hydrogens (tertiary/aromatic N) is 3. The van der Waals surface area contributed by atoms with E-state index in [-0.39, 0.29) is 11.5 Å². The zero-order valence-corrected chi connectivity index (χ0v) is 15.3. The van der Waals surface area contributed by atoms with Crippen LogP contribution in [0.4, 0.5) is 21.6 Å². The summed E-state index contributed by atoms with van der Waals surface area (Å²) in [7, 11) is 2.08. The van der Waals surface area contributed by atoms with Crippen molar-refractivity contribution in [1.82, 2.24) is 9.88 Å². The van der Waals surface area contributed by atoms with Gasteiger partial charge in [-0.25, -0.2) is 9.37 Å². The molecular formula is C19H22FN5O2. The SMILES string of the molecule is CC(=O)Nc1ccc(F)c(C(=O)Nc2cc(N3CCN(C)CC3)ccn2)c1. The summed E-state index contributed by atoms with van der Waals surface area (Å²) in [5.41, 5.74) is 1.15. The van der Waals surface area contributed by atoms with Gasteiger partial charge in [0.15, 0.2) is 0 Å². The third-order valence-corrected chi connectivity index (χ3v) is 4.38. The second-order valence-electron chi connectivity index (χ2n) is 6.52. The van der Waals surface area contributed by atoms with E-state index in [0.29, 0.717) is 11.5 Å². The number of hydrogen-bond acceptors (Lipinski definition) is 5. The molecule has 142 valence electrons. The van der Waals surface area contributed by atoms with Gasteiger partial charge in [0.05, 0.1) is 5.56 Å². The Hall–Kier alpha value is -3.00. The summed E-state index contributed by atoms with van der Waals surface area (Å²) in [5.74, 6) is -1.24. The van der Waals surface area contributed by atoms with Gasteiger partial charge in [-0.2, -0.15) is 0 Å². The summed E-state index contributed by atoms with van der Waals surface area (Å²) in [6, 6.07) is 7.52. The lowest BCUT2D eigenvalue weighted by atomic mass is 10.1. The van der Waals surface area contributed by atoms with Crippen LogP contribution < -0.4 is 15.5 Å². The van der Waals surface area contributed by atoms with Crippen molar-refractivity contribution in [1.29, 1.82) is 0 Å². The van der Waals surface area contributed by atoms with E-state index in [2.05, 4.69) is 32.5 Å². The first kappa shape index (κ1) is 18.8. The fraction of sp³-hybridized carbons (Fsp3) is 0.316. The van der Waals surface area contributed by atoms with Crippen LogP contribution in [0.1, 0.15) is 17.3 Å². The summed E-state index contributed by atoms with van der Waals surface area (Å²) < 4.78 is 14.1. The number of nitrogens with one attached hydrogen (secondary N) is 2. The molecule has 2 amide bonds. The van der Waals surface area contributed by atoms with Gasteiger partial charge in [0.2, 0.25) is 5.91 Å².